The Kier molecular flexibility index (Phi) is 13.8. The van der Waals surface area contributed by atoms with Gasteiger partial charge in [-0.15, -0.1) is 0 Å². The SMILES string of the molecule is CCCN(C(CO)CCCC(CC)NC(=O)C(NC(=O)OC)C(c1ccccc1)c1ccccc1)S(=O)(=O)c1ccc(N)cc1. The molecular formula is C34H46N4O6S. The van der Waals surface area contributed by atoms with E-state index in [9.17, 15) is 23.1 Å². The number of rotatable bonds is 17. The monoisotopic (exact) mass is 638 g/mol. The Bertz CT molecular complexity index is 1400. The summed E-state index contributed by atoms with van der Waals surface area (Å²) in [6.45, 7) is 3.77. The van der Waals surface area contributed by atoms with Gasteiger partial charge in [-0.05, 0) is 67.5 Å². The molecule has 3 aromatic rings. The fourth-order valence-corrected chi connectivity index (χ4v) is 7.21. The number of nitrogens with zero attached hydrogens (tertiary/aromatic N) is 1. The van der Waals surface area contributed by atoms with E-state index in [0.717, 1.165) is 11.1 Å². The van der Waals surface area contributed by atoms with E-state index in [2.05, 4.69) is 10.6 Å². The summed E-state index contributed by atoms with van der Waals surface area (Å²) in [4.78, 5) is 26.5. The summed E-state index contributed by atoms with van der Waals surface area (Å²) < 4.78 is 33.2. The fraction of sp³-hybridized carbons (Fsp3) is 0.412. The van der Waals surface area contributed by atoms with Gasteiger partial charge in [0.25, 0.3) is 0 Å². The number of methoxy groups -OCH3 is 1. The van der Waals surface area contributed by atoms with E-state index in [1.165, 1.54) is 23.5 Å². The molecule has 0 saturated carbocycles. The second-order valence-electron chi connectivity index (χ2n) is 11.0. The van der Waals surface area contributed by atoms with E-state index in [-0.39, 0.29) is 30.0 Å². The molecule has 0 radical (unpaired) electrons. The van der Waals surface area contributed by atoms with Crippen molar-refractivity contribution in [1.82, 2.24) is 14.9 Å². The lowest BCUT2D eigenvalue weighted by Crippen LogP contribution is -2.52. The highest BCUT2D eigenvalue weighted by atomic mass is 32.2. The summed E-state index contributed by atoms with van der Waals surface area (Å²) in [6.07, 6.45) is 1.98. The number of nitrogen functional groups attached to an aromatic ring is 1. The number of hydrogen-bond acceptors (Lipinski definition) is 7. The Balaban J connectivity index is 1.77. The summed E-state index contributed by atoms with van der Waals surface area (Å²) in [6, 6.07) is 23.2. The van der Waals surface area contributed by atoms with Gasteiger partial charge in [0.2, 0.25) is 15.9 Å². The van der Waals surface area contributed by atoms with Gasteiger partial charge in [0.15, 0.2) is 0 Å². The Labute approximate surface area is 267 Å². The number of carbonyl (C=O) groups is 2. The maximum absolute atomic E-state index is 13.9. The lowest BCUT2D eigenvalue weighted by molar-refractivity contribution is -0.124. The van der Waals surface area contributed by atoms with Gasteiger partial charge in [-0.25, -0.2) is 13.2 Å². The Morgan fingerprint density at radius 2 is 1.47 bits per heavy atom. The van der Waals surface area contributed by atoms with Crippen LogP contribution in [0.5, 0.6) is 0 Å². The second kappa shape index (κ2) is 17.5. The first kappa shape index (κ1) is 35.5. The predicted molar refractivity (Wildman–Crippen MR) is 176 cm³/mol. The molecule has 0 aliphatic carbocycles. The first-order valence-electron chi connectivity index (χ1n) is 15.4. The van der Waals surface area contributed by atoms with Crippen LogP contribution in [-0.4, -0.2) is 68.2 Å². The molecule has 0 aliphatic heterocycles. The quantitative estimate of drug-likeness (QED) is 0.157. The molecule has 0 spiro atoms. The first-order valence-corrected chi connectivity index (χ1v) is 16.8. The molecule has 244 valence electrons. The van der Waals surface area contributed by atoms with Crippen molar-refractivity contribution in [3.63, 3.8) is 0 Å². The minimum atomic E-state index is -3.86. The van der Waals surface area contributed by atoms with Gasteiger partial charge in [-0.2, -0.15) is 4.31 Å². The first-order chi connectivity index (χ1) is 21.7. The number of nitrogens with one attached hydrogen (secondary N) is 2. The van der Waals surface area contributed by atoms with Crippen LogP contribution < -0.4 is 16.4 Å². The van der Waals surface area contributed by atoms with Crippen LogP contribution in [0.15, 0.2) is 89.8 Å². The Hall–Kier alpha value is -3.93. The number of anilines is 1. The van der Waals surface area contributed by atoms with Crippen LogP contribution in [0.2, 0.25) is 0 Å². The highest BCUT2D eigenvalue weighted by Crippen LogP contribution is 2.29. The third-order valence-corrected chi connectivity index (χ3v) is 9.84. The Morgan fingerprint density at radius 1 is 0.889 bits per heavy atom. The van der Waals surface area contributed by atoms with Gasteiger partial charge < -0.3 is 26.2 Å². The summed E-state index contributed by atoms with van der Waals surface area (Å²) in [5, 5.41) is 16.1. The molecule has 2 amide bonds. The van der Waals surface area contributed by atoms with Crippen LogP contribution in [0.1, 0.15) is 63.0 Å². The van der Waals surface area contributed by atoms with E-state index in [1.54, 1.807) is 12.1 Å². The summed E-state index contributed by atoms with van der Waals surface area (Å²) >= 11 is 0. The van der Waals surface area contributed by atoms with E-state index in [0.29, 0.717) is 37.8 Å². The van der Waals surface area contributed by atoms with E-state index in [1.807, 2.05) is 74.5 Å². The van der Waals surface area contributed by atoms with E-state index >= 15 is 0 Å². The molecule has 5 N–H and O–H groups in total. The van der Waals surface area contributed by atoms with Gasteiger partial charge in [-0.3, -0.25) is 4.79 Å². The van der Waals surface area contributed by atoms with Gasteiger partial charge in [0.05, 0.1) is 18.6 Å². The van der Waals surface area contributed by atoms with Crippen LogP contribution >= 0.6 is 0 Å². The van der Waals surface area contributed by atoms with Gasteiger partial charge in [0, 0.05) is 30.2 Å². The van der Waals surface area contributed by atoms with Crippen molar-refractivity contribution >= 4 is 27.7 Å². The minimum Gasteiger partial charge on any atom is -0.453 e. The van der Waals surface area contributed by atoms with Crippen molar-refractivity contribution in [3.05, 3.63) is 96.1 Å². The van der Waals surface area contributed by atoms with Crippen molar-refractivity contribution in [2.75, 3.05) is 26.0 Å². The zero-order valence-electron chi connectivity index (χ0n) is 26.3. The molecule has 3 atom stereocenters. The number of alkyl carbamates (subject to hydrolysis) is 1. The van der Waals surface area contributed by atoms with Crippen molar-refractivity contribution in [1.29, 1.82) is 0 Å². The number of aliphatic hydroxyl groups excluding tert-OH is 1. The summed E-state index contributed by atoms with van der Waals surface area (Å²) in [5.74, 6) is -0.842. The predicted octanol–water partition coefficient (Wildman–Crippen LogP) is 4.65. The van der Waals surface area contributed by atoms with Crippen LogP contribution in [0.4, 0.5) is 10.5 Å². The number of amides is 2. The lowest BCUT2D eigenvalue weighted by Gasteiger charge is -2.31. The molecule has 45 heavy (non-hydrogen) atoms. The molecule has 11 heteroatoms. The molecular weight excluding hydrogens is 592 g/mol. The smallest absolute Gasteiger partial charge is 0.407 e. The summed E-state index contributed by atoms with van der Waals surface area (Å²) in [7, 11) is -2.60. The largest absolute Gasteiger partial charge is 0.453 e. The molecule has 0 aromatic heterocycles. The zero-order valence-corrected chi connectivity index (χ0v) is 27.1. The molecule has 3 unspecified atom stereocenters. The second-order valence-corrected chi connectivity index (χ2v) is 12.9. The maximum atomic E-state index is 13.9. The van der Waals surface area contributed by atoms with E-state index in [4.69, 9.17) is 10.5 Å². The van der Waals surface area contributed by atoms with Crippen molar-refractivity contribution in [3.8, 4) is 0 Å². The minimum absolute atomic E-state index is 0.123. The zero-order chi connectivity index (χ0) is 32.8. The number of nitrogens with two attached hydrogens (primary N) is 1. The molecule has 3 aromatic carbocycles. The van der Waals surface area contributed by atoms with Crippen LogP contribution in [0.25, 0.3) is 0 Å². The lowest BCUT2D eigenvalue weighted by atomic mass is 9.84. The standard InChI is InChI=1S/C34H46N4O6S/c1-4-23-38(45(42,43)30-21-19-27(35)20-22-30)29(24-39)18-12-17-28(5-2)36-33(40)32(37-34(41)44-3)31(25-13-8-6-9-14-25)26-15-10-7-11-16-26/h6-11,13-16,19-22,28-29,31-32,39H,4-5,12,17-18,23-24,35H2,1-3H3,(H,36,40)(H,37,41). The van der Waals surface area contributed by atoms with Crippen molar-refractivity contribution in [2.24, 2.45) is 0 Å². The molecule has 10 nitrogen and oxygen atoms in total. The van der Waals surface area contributed by atoms with E-state index < -0.39 is 34.1 Å². The molecule has 0 fully saturated rings. The maximum Gasteiger partial charge on any atom is 0.407 e. The number of aliphatic hydroxyl groups is 1. The summed E-state index contributed by atoms with van der Waals surface area (Å²) in [5.41, 5.74) is 7.93. The molecule has 0 bridgehead atoms. The number of carbonyl (C=O) groups excluding carboxylic acids is 2. The van der Waals surface area contributed by atoms with Gasteiger partial charge >= 0.3 is 6.09 Å². The van der Waals surface area contributed by atoms with Crippen LogP contribution in [0, 0.1) is 0 Å². The van der Waals surface area contributed by atoms with Crippen LogP contribution in [0.3, 0.4) is 0 Å². The van der Waals surface area contributed by atoms with Gasteiger partial charge in [-0.1, -0.05) is 74.5 Å². The topological polar surface area (TPSA) is 151 Å². The highest BCUT2D eigenvalue weighted by Gasteiger charge is 2.34. The molecule has 0 aliphatic rings. The average molecular weight is 639 g/mol. The Morgan fingerprint density at radius 3 is 1.96 bits per heavy atom. The molecule has 0 saturated heterocycles. The van der Waals surface area contributed by atoms with Crippen molar-refractivity contribution in [2.45, 2.75) is 74.9 Å². The van der Waals surface area contributed by atoms with Crippen LogP contribution in [-0.2, 0) is 19.6 Å². The fourth-order valence-electron chi connectivity index (χ4n) is 5.47. The number of hydrogen-bond donors (Lipinski definition) is 4. The highest BCUT2D eigenvalue weighted by molar-refractivity contribution is 7.89. The number of sulfonamides is 1. The molecule has 0 heterocycles. The van der Waals surface area contributed by atoms with Gasteiger partial charge in [0.1, 0.15) is 6.04 Å². The average Bonchev–Trinajstić information content (AvgIpc) is 3.06. The number of ether oxygens (including phenoxy) is 1. The molecule has 3 rings (SSSR count). The van der Waals surface area contributed by atoms with Crippen molar-refractivity contribution < 1.29 is 27.9 Å². The third-order valence-electron chi connectivity index (χ3n) is 7.87. The normalized spacial score (nSPS) is 13.6. The third kappa shape index (κ3) is 9.78. The number of benzene rings is 3.